The molecular formula is C20H22N6OS. The molecule has 8 heteroatoms. The second-order valence-corrected chi connectivity index (χ2v) is 7.65. The molecule has 0 bridgehead atoms. The van der Waals surface area contributed by atoms with Crippen LogP contribution in [0.5, 0.6) is 0 Å². The Morgan fingerprint density at radius 3 is 2.57 bits per heavy atom. The highest BCUT2D eigenvalue weighted by atomic mass is 32.2. The molecule has 7 nitrogen and oxygen atoms in total. The molecule has 0 radical (unpaired) electrons. The number of aromatic amines is 1. The van der Waals surface area contributed by atoms with Crippen LogP contribution in [0.15, 0.2) is 54.1 Å². The summed E-state index contributed by atoms with van der Waals surface area (Å²) < 4.78 is 0. The number of amides is 1. The van der Waals surface area contributed by atoms with Crippen molar-refractivity contribution in [3.05, 3.63) is 60.0 Å². The lowest BCUT2D eigenvalue weighted by atomic mass is 10.1. The van der Waals surface area contributed by atoms with E-state index in [2.05, 4.69) is 30.4 Å². The highest BCUT2D eigenvalue weighted by molar-refractivity contribution is 7.98. The predicted molar refractivity (Wildman–Crippen MR) is 111 cm³/mol. The molecule has 3 aromatic rings. The summed E-state index contributed by atoms with van der Waals surface area (Å²) in [6.45, 7) is 2.11. The van der Waals surface area contributed by atoms with Crippen molar-refractivity contribution in [2.45, 2.75) is 30.2 Å². The lowest BCUT2D eigenvalue weighted by Crippen LogP contribution is -2.30. The minimum atomic E-state index is -0.137. The van der Waals surface area contributed by atoms with E-state index in [0.717, 1.165) is 35.4 Å². The Labute approximate surface area is 168 Å². The van der Waals surface area contributed by atoms with Gasteiger partial charge in [0.2, 0.25) is 0 Å². The Balaban J connectivity index is 1.32. The Hall–Kier alpha value is -2.87. The summed E-state index contributed by atoms with van der Waals surface area (Å²) >= 11 is 1.57. The number of benzene rings is 1. The van der Waals surface area contributed by atoms with Crippen LogP contribution < -0.4 is 10.2 Å². The molecule has 28 heavy (non-hydrogen) atoms. The van der Waals surface area contributed by atoms with Crippen LogP contribution in [0.1, 0.15) is 35.2 Å². The van der Waals surface area contributed by atoms with Crippen LogP contribution in [0.25, 0.3) is 0 Å². The Kier molecular flexibility index (Phi) is 5.86. The van der Waals surface area contributed by atoms with Crippen LogP contribution in [0.4, 0.5) is 11.5 Å². The molecule has 1 aliphatic heterocycles. The van der Waals surface area contributed by atoms with Crippen LogP contribution in [0, 0.1) is 0 Å². The maximum Gasteiger partial charge on any atom is 0.255 e. The van der Waals surface area contributed by atoms with Crippen molar-refractivity contribution in [3.63, 3.8) is 0 Å². The fraction of sp³-hybridized carbons (Fsp3) is 0.300. The van der Waals surface area contributed by atoms with Crippen molar-refractivity contribution < 1.29 is 4.79 Å². The second kappa shape index (κ2) is 8.88. The van der Waals surface area contributed by atoms with Gasteiger partial charge in [0.25, 0.3) is 5.91 Å². The number of nitrogens with zero attached hydrogens (tertiary/aromatic N) is 4. The molecule has 2 aromatic heterocycles. The van der Waals surface area contributed by atoms with Gasteiger partial charge in [0.05, 0.1) is 11.9 Å². The monoisotopic (exact) mass is 394 g/mol. The molecule has 2 N–H and O–H groups in total. The summed E-state index contributed by atoms with van der Waals surface area (Å²) in [5, 5.41) is 10.3. The maximum absolute atomic E-state index is 12.5. The molecule has 0 aliphatic carbocycles. The SMILES string of the molecule is O=C(Nc1ccc(N2CCCCC2)nc1)c1ccc(CSc2ncn[nH]2)cc1. The highest BCUT2D eigenvalue weighted by Gasteiger charge is 2.12. The quantitative estimate of drug-likeness (QED) is 0.620. The zero-order valence-electron chi connectivity index (χ0n) is 15.5. The van der Waals surface area contributed by atoms with Gasteiger partial charge in [-0.3, -0.25) is 9.89 Å². The molecule has 1 aromatic carbocycles. The summed E-state index contributed by atoms with van der Waals surface area (Å²) in [5.41, 5.74) is 2.44. The zero-order valence-corrected chi connectivity index (χ0v) is 16.3. The molecular weight excluding hydrogens is 372 g/mol. The second-order valence-electron chi connectivity index (χ2n) is 6.68. The number of anilines is 2. The first-order chi connectivity index (χ1) is 13.8. The Bertz CT molecular complexity index is 889. The summed E-state index contributed by atoms with van der Waals surface area (Å²) in [4.78, 5) is 23.4. The molecule has 144 valence electrons. The van der Waals surface area contributed by atoms with Crippen LogP contribution in [-0.2, 0) is 5.75 Å². The Morgan fingerprint density at radius 2 is 1.89 bits per heavy atom. The molecule has 4 rings (SSSR count). The number of aromatic nitrogens is 4. The number of carbonyl (C=O) groups excluding carboxylic acids is 1. The van der Waals surface area contributed by atoms with Gasteiger partial charge >= 0.3 is 0 Å². The van der Waals surface area contributed by atoms with Crippen molar-refractivity contribution >= 4 is 29.2 Å². The molecule has 1 fully saturated rings. The zero-order chi connectivity index (χ0) is 19.2. The molecule has 3 heterocycles. The van der Waals surface area contributed by atoms with Gasteiger partial charge in [0.15, 0.2) is 5.16 Å². The van der Waals surface area contributed by atoms with Crippen molar-refractivity contribution in [2.24, 2.45) is 0 Å². The number of hydrogen-bond donors (Lipinski definition) is 2. The molecule has 1 amide bonds. The summed E-state index contributed by atoms with van der Waals surface area (Å²) in [7, 11) is 0. The number of H-pyrrole nitrogens is 1. The first-order valence-corrected chi connectivity index (χ1v) is 10.4. The maximum atomic E-state index is 12.5. The van der Waals surface area contributed by atoms with Crippen LogP contribution in [0.2, 0.25) is 0 Å². The fourth-order valence-electron chi connectivity index (χ4n) is 3.14. The van der Waals surface area contributed by atoms with Crippen LogP contribution in [-0.4, -0.2) is 39.2 Å². The largest absolute Gasteiger partial charge is 0.357 e. The van der Waals surface area contributed by atoms with Crippen molar-refractivity contribution in [1.82, 2.24) is 20.2 Å². The predicted octanol–water partition coefficient (Wildman–Crippen LogP) is 3.73. The van der Waals surface area contributed by atoms with Crippen molar-refractivity contribution in [2.75, 3.05) is 23.3 Å². The lowest BCUT2D eigenvalue weighted by Gasteiger charge is -2.27. The average molecular weight is 395 g/mol. The highest BCUT2D eigenvalue weighted by Crippen LogP contribution is 2.20. The number of rotatable bonds is 6. The van der Waals surface area contributed by atoms with Gasteiger partial charge in [-0.1, -0.05) is 23.9 Å². The molecule has 1 aliphatic rings. The van der Waals surface area contributed by atoms with E-state index in [-0.39, 0.29) is 5.91 Å². The van der Waals surface area contributed by atoms with E-state index in [1.165, 1.54) is 25.6 Å². The molecule has 1 saturated heterocycles. The van der Waals surface area contributed by atoms with Gasteiger partial charge in [-0.15, -0.1) is 0 Å². The van der Waals surface area contributed by atoms with Gasteiger partial charge in [0.1, 0.15) is 12.1 Å². The third-order valence-electron chi connectivity index (χ3n) is 4.67. The van der Waals surface area contributed by atoms with Crippen LogP contribution >= 0.6 is 11.8 Å². The summed E-state index contributed by atoms with van der Waals surface area (Å²) in [5.74, 6) is 1.60. The van der Waals surface area contributed by atoms with Gasteiger partial charge in [-0.25, -0.2) is 9.97 Å². The fourth-order valence-corrected chi connectivity index (χ4v) is 3.88. The summed E-state index contributed by atoms with van der Waals surface area (Å²) in [6.07, 6.45) is 6.94. The minimum Gasteiger partial charge on any atom is -0.357 e. The third kappa shape index (κ3) is 4.69. The smallest absolute Gasteiger partial charge is 0.255 e. The van der Waals surface area contributed by atoms with Gasteiger partial charge in [0, 0.05) is 24.4 Å². The topological polar surface area (TPSA) is 86.8 Å². The van der Waals surface area contributed by atoms with E-state index >= 15 is 0 Å². The van der Waals surface area contributed by atoms with Gasteiger partial charge in [-0.2, -0.15) is 5.10 Å². The van der Waals surface area contributed by atoms with E-state index in [9.17, 15) is 4.79 Å². The van der Waals surface area contributed by atoms with E-state index in [4.69, 9.17) is 0 Å². The standard InChI is InChI=1S/C20H22N6OS/c27-19(16-6-4-15(5-7-16)13-28-20-22-14-23-25-20)24-17-8-9-18(21-12-17)26-10-2-1-3-11-26/h4-9,12,14H,1-3,10-11,13H2,(H,24,27)(H,22,23,25). The molecule has 0 saturated carbocycles. The van der Waals surface area contributed by atoms with Crippen molar-refractivity contribution in [3.8, 4) is 0 Å². The number of pyridine rings is 1. The third-order valence-corrected chi connectivity index (χ3v) is 5.62. The first-order valence-electron chi connectivity index (χ1n) is 9.37. The number of nitrogens with one attached hydrogen (secondary N) is 2. The van der Waals surface area contributed by atoms with Gasteiger partial charge in [-0.05, 0) is 49.1 Å². The minimum absolute atomic E-state index is 0.137. The normalized spacial score (nSPS) is 14.1. The van der Waals surface area contributed by atoms with E-state index < -0.39 is 0 Å². The van der Waals surface area contributed by atoms with E-state index in [1.807, 2.05) is 36.4 Å². The van der Waals surface area contributed by atoms with Crippen LogP contribution in [0.3, 0.4) is 0 Å². The van der Waals surface area contributed by atoms with E-state index in [1.54, 1.807) is 18.0 Å². The molecule has 0 spiro atoms. The number of thioether (sulfide) groups is 1. The average Bonchev–Trinajstić information content (AvgIpc) is 3.27. The summed E-state index contributed by atoms with van der Waals surface area (Å²) in [6, 6.07) is 11.5. The number of hydrogen-bond acceptors (Lipinski definition) is 6. The number of carbonyl (C=O) groups is 1. The van der Waals surface area contributed by atoms with Crippen molar-refractivity contribution in [1.29, 1.82) is 0 Å². The van der Waals surface area contributed by atoms with Gasteiger partial charge < -0.3 is 10.2 Å². The van der Waals surface area contributed by atoms with E-state index in [0.29, 0.717) is 11.3 Å². The first kappa shape index (κ1) is 18.5. The molecule has 0 atom stereocenters. The number of piperidine rings is 1. The Morgan fingerprint density at radius 1 is 1.07 bits per heavy atom. The lowest BCUT2D eigenvalue weighted by molar-refractivity contribution is 0.102. The molecule has 0 unspecified atom stereocenters.